The first-order chi connectivity index (χ1) is 9.60. The van der Waals surface area contributed by atoms with E-state index >= 15 is 0 Å². The molecule has 0 bridgehead atoms. The van der Waals surface area contributed by atoms with Crippen molar-refractivity contribution in [2.45, 2.75) is 38.5 Å². The van der Waals surface area contributed by atoms with Gasteiger partial charge >= 0.3 is 5.97 Å². The van der Waals surface area contributed by atoms with E-state index in [4.69, 9.17) is 0 Å². The Morgan fingerprint density at radius 3 is 2.40 bits per heavy atom. The van der Waals surface area contributed by atoms with Crippen LogP contribution in [0, 0.1) is 5.41 Å². The third-order valence-electron chi connectivity index (χ3n) is 4.75. The Hall–Kier alpha value is -1.03. The molecular formula is C16H20BrNO2. The highest BCUT2D eigenvalue weighted by molar-refractivity contribution is 9.10. The fourth-order valence-corrected chi connectivity index (χ4v) is 4.04. The maximum atomic E-state index is 11.4. The zero-order valence-electron chi connectivity index (χ0n) is 11.6. The lowest BCUT2D eigenvalue weighted by atomic mass is 9.73. The molecule has 0 atom stereocenters. The van der Waals surface area contributed by atoms with Gasteiger partial charge in [-0.3, -0.25) is 0 Å². The van der Waals surface area contributed by atoms with E-state index in [2.05, 4.69) is 20.8 Å². The summed E-state index contributed by atoms with van der Waals surface area (Å²) in [6, 6.07) is 5.56. The van der Waals surface area contributed by atoms with Gasteiger partial charge in [0.1, 0.15) is 0 Å². The van der Waals surface area contributed by atoms with Gasteiger partial charge in [0.2, 0.25) is 0 Å². The SMILES string of the molecule is O=C(O)c1cc(Br)ccc1N1CC2(CCCCCC2)C1. The molecule has 1 N–H and O–H groups in total. The molecule has 108 valence electrons. The minimum absolute atomic E-state index is 0.405. The molecule has 1 heterocycles. The highest BCUT2D eigenvalue weighted by atomic mass is 79.9. The number of halogens is 1. The highest BCUT2D eigenvalue weighted by Crippen LogP contribution is 2.45. The minimum atomic E-state index is -0.844. The largest absolute Gasteiger partial charge is 0.478 e. The Labute approximate surface area is 128 Å². The van der Waals surface area contributed by atoms with Crippen LogP contribution in [-0.4, -0.2) is 24.2 Å². The molecule has 0 amide bonds. The van der Waals surface area contributed by atoms with Crippen molar-refractivity contribution in [3.8, 4) is 0 Å². The third-order valence-corrected chi connectivity index (χ3v) is 5.24. The first-order valence-electron chi connectivity index (χ1n) is 7.38. The fraction of sp³-hybridized carbons (Fsp3) is 0.562. The van der Waals surface area contributed by atoms with Gasteiger partial charge in [0, 0.05) is 23.0 Å². The molecule has 0 radical (unpaired) electrons. The van der Waals surface area contributed by atoms with Crippen molar-refractivity contribution in [3.63, 3.8) is 0 Å². The van der Waals surface area contributed by atoms with Crippen LogP contribution in [0.1, 0.15) is 48.9 Å². The van der Waals surface area contributed by atoms with Gasteiger partial charge in [0.05, 0.1) is 11.3 Å². The van der Waals surface area contributed by atoms with E-state index < -0.39 is 5.97 Å². The number of carboxylic acid groups (broad SMARTS) is 1. The second-order valence-electron chi connectivity index (χ2n) is 6.24. The van der Waals surface area contributed by atoms with E-state index in [1.807, 2.05) is 12.1 Å². The molecule has 3 rings (SSSR count). The summed E-state index contributed by atoms with van der Waals surface area (Å²) in [4.78, 5) is 13.6. The van der Waals surface area contributed by atoms with Crippen molar-refractivity contribution >= 4 is 27.6 Å². The lowest BCUT2D eigenvalue weighted by molar-refractivity contribution is 0.0696. The van der Waals surface area contributed by atoms with Crippen LogP contribution < -0.4 is 4.90 Å². The standard InChI is InChI=1S/C16H20BrNO2/c17-12-5-6-14(13(9-12)15(19)20)18-10-16(11-18)7-3-1-2-4-8-16/h5-6,9H,1-4,7-8,10-11H2,(H,19,20). The van der Waals surface area contributed by atoms with Gasteiger partial charge in [-0.15, -0.1) is 0 Å². The summed E-state index contributed by atoms with van der Waals surface area (Å²) in [5.41, 5.74) is 1.73. The third kappa shape index (κ3) is 2.58. The Morgan fingerprint density at radius 1 is 1.15 bits per heavy atom. The lowest BCUT2D eigenvalue weighted by Gasteiger charge is -2.52. The van der Waals surface area contributed by atoms with E-state index in [9.17, 15) is 9.90 Å². The smallest absolute Gasteiger partial charge is 0.337 e. The van der Waals surface area contributed by atoms with E-state index in [0.29, 0.717) is 11.0 Å². The number of nitrogens with zero attached hydrogens (tertiary/aromatic N) is 1. The van der Waals surface area contributed by atoms with Crippen molar-refractivity contribution in [1.29, 1.82) is 0 Å². The molecule has 1 aromatic rings. The van der Waals surface area contributed by atoms with Crippen LogP contribution >= 0.6 is 15.9 Å². The Balaban J connectivity index is 1.78. The molecule has 2 fully saturated rings. The maximum absolute atomic E-state index is 11.4. The summed E-state index contributed by atoms with van der Waals surface area (Å²) < 4.78 is 0.823. The number of anilines is 1. The van der Waals surface area contributed by atoms with E-state index in [-0.39, 0.29) is 0 Å². The first-order valence-corrected chi connectivity index (χ1v) is 8.17. The fourth-order valence-electron chi connectivity index (χ4n) is 3.68. The average Bonchev–Trinajstić information content (AvgIpc) is 2.62. The van der Waals surface area contributed by atoms with Crippen LogP contribution in [-0.2, 0) is 0 Å². The van der Waals surface area contributed by atoms with Crippen LogP contribution in [0.5, 0.6) is 0 Å². The van der Waals surface area contributed by atoms with Crippen molar-refractivity contribution < 1.29 is 9.90 Å². The minimum Gasteiger partial charge on any atom is -0.478 e. The number of carbonyl (C=O) groups is 1. The molecule has 1 spiro atoms. The summed E-state index contributed by atoms with van der Waals surface area (Å²) in [7, 11) is 0. The molecule has 4 heteroatoms. The first kappa shape index (κ1) is 13.9. The predicted octanol–water partition coefficient (Wildman–Crippen LogP) is 4.31. The number of aromatic carboxylic acids is 1. The summed E-state index contributed by atoms with van der Waals surface area (Å²) >= 11 is 3.35. The maximum Gasteiger partial charge on any atom is 0.337 e. The van der Waals surface area contributed by atoms with Crippen molar-refractivity contribution in [2.24, 2.45) is 5.41 Å². The molecule has 1 saturated heterocycles. The zero-order chi connectivity index (χ0) is 14.2. The van der Waals surface area contributed by atoms with E-state index in [1.54, 1.807) is 6.07 Å². The quantitative estimate of drug-likeness (QED) is 0.874. The molecule has 3 nitrogen and oxygen atoms in total. The van der Waals surface area contributed by atoms with Crippen molar-refractivity contribution in [1.82, 2.24) is 0 Å². The van der Waals surface area contributed by atoms with Gasteiger partial charge in [-0.1, -0.05) is 41.6 Å². The molecule has 1 aliphatic carbocycles. The number of benzene rings is 1. The van der Waals surface area contributed by atoms with Gasteiger partial charge in [-0.25, -0.2) is 4.79 Å². The molecule has 0 unspecified atom stereocenters. The molecule has 2 aliphatic rings. The van der Waals surface area contributed by atoms with Gasteiger partial charge in [-0.05, 0) is 31.0 Å². The normalized spacial score (nSPS) is 21.4. The Bertz CT molecular complexity index is 513. The molecule has 0 aromatic heterocycles. The Kier molecular flexibility index (Phi) is 3.76. The van der Waals surface area contributed by atoms with E-state index in [1.165, 1.54) is 38.5 Å². The van der Waals surface area contributed by atoms with Crippen LogP contribution in [0.25, 0.3) is 0 Å². The van der Waals surface area contributed by atoms with Gasteiger partial charge in [-0.2, -0.15) is 0 Å². The van der Waals surface area contributed by atoms with Crippen LogP contribution in [0.15, 0.2) is 22.7 Å². The lowest BCUT2D eigenvalue weighted by Crippen LogP contribution is -2.56. The number of rotatable bonds is 2. The van der Waals surface area contributed by atoms with Crippen molar-refractivity contribution in [3.05, 3.63) is 28.2 Å². The van der Waals surface area contributed by atoms with Crippen LogP contribution in [0.4, 0.5) is 5.69 Å². The van der Waals surface area contributed by atoms with Gasteiger partial charge in [0.15, 0.2) is 0 Å². The number of carboxylic acids is 1. The van der Waals surface area contributed by atoms with Gasteiger partial charge in [0.25, 0.3) is 0 Å². The Morgan fingerprint density at radius 2 is 1.80 bits per heavy atom. The average molecular weight is 338 g/mol. The number of hydrogen-bond donors (Lipinski definition) is 1. The monoisotopic (exact) mass is 337 g/mol. The number of hydrogen-bond acceptors (Lipinski definition) is 2. The zero-order valence-corrected chi connectivity index (χ0v) is 13.2. The highest BCUT2D eigenvalue weighted by Gasteiger charge is 2.43. The molecular weight excluding hydrogens is 318 g/mol. The summed E-state index contributed by atoms with van der Waals surface area (Å²) in [6.07, 6.45) is 8.01. The second-order valence-corrected chi connectivity index (χ2v) is 7.15. The predicted molar refractivity (Wildman–Crippen MR) is 83.4 cm³/mol. The summed E-state index contributed by atoms with van der Waals surface area (Å²) in [5, 5.41) is 9.36. The summed E-state index contributed by atoms with van der Waals surface area (Å²) in [5.74, 6) is -0.844. The topological polar surface area (TPSA) is 40.5 Å². The van der Waals surface area contributed by atoms with Crippen LogP contribution in [0.2, 0.25) is 0 Å². The second kappa shape index (κ2) is 5.40. The van der Waals surface area contributed by atoms with Crippen LogP contribution in [0.3, 0.4) is 0 Å². The van der Waals surface area contributed by atoms with Crippen molar-refractivity contribution in [2.75, 3.05) is 18.0 Å². The molecule has 1 aliphatic heterocycles. The molecule has 1 saturated carbocycles. The molecule has 1 aromatic carbocycles. The van der Waals surface area contributed by atoms with Gasteiger partial charge < -0.3 is 10.0 Å². The molecule has 20 heavy (non-hydrogen) atoms. The summed E-state index contributed by atoms with van der Waals surface area (Å²) in [6.45, 7) is 2.05. The van der Waals surface area contributed by atoms with E-state index in [0.717, 1.165) is 23.2 Å².